The number of hydrogen-bond acceptors (Lipinski definition) is 6. The zero-order chi connectivity index (χ0) is 14.9. The zero-order valence-electron chi connectivity index (χ0n) is 12.3. The molecule has 0 saturated heterocycles. The maximum absolute atomic E-state index is 5.82. The van der Waals surface area contributed by atoms with E-state index in [0.29, 0.717) is 17.5 Å². The number of thioether (sulfide) groups is 1. The Bertz CT molecular complexity index is 766. The van der Waals surface area contributed by atoms with Gasteiger partial charge in [0.15, 0.2) is 5.16 Å². The smallest absolute Gasteiger partial charge is 0.257 e. The molecule has 0 saturated carbocycles. The van der Waals surface area contributed by atoms with Crippen LogP contribution < -0.4 is 0 Å². The number of hydrogen-bond donors (Lipinski definition) is 0. The summed E-state index contributed by atoms with van der Waals surface area (Å²) in [5.74, 6) is 1.94. The fourth-order valence-electron chi connectivity index (χ4n) is 2.62. The number of fused-ring (bicyclic) bond motifs is 1. The second kappa shape index (κ2) is 5.89. The lowest BCUT2D eigenvalue weighted by atomic mass is 9.99. The Morgan fingerprint density at radius 3 is 3.05 bits per heavy atom. The predicted molar refractivity (Wildman–Crippen MR) is 87.0 cm³/mol. The average Bonchev–Trinajstić information content (AvgIpc) is 3.24. The van der Waals surface area contributed by atoms with Crippen LogP contribution in [-0.2, 0) is 25.6 Å². The van der Waals surface area contributed by atoms with Crippen molar-refractivity contribution in [3.8, 4) is 10.8 Å². The number of rotatable bonds is 4. The molecule has 3 heterocycles. The van der Waals surface area contributed by atoms with Crippen LogP contribution in [0.15, 0.2) is 28.0 Å². The van der Waals surface area contributed by atoms with Gasteiger partial charge in [0.2, 0.25) is 5.89 Å². The van der Waals surface area contributed by atoms with Crippen LogP contribution in [-0.4, -0.2) is 19.7 Å². The van der Waals surface area contributed by atoms with E-state index in [4.69, 9.17) is 4.42 Å². The third-order valence-corrected chi connectivity index (χ3v) is 6.04. The fourth-order valence-corrected chi connectivity index (χ4v) is 4.57. The normalized spacial score (nSPS) is 14.2. The Hall–Kier alpha value is -1.60. The minimum atomic E-state index is 0.642. The summed E-state index contributed by atoms with van der Waals surface area (Å²) in [6.45, 7) is 0. The minimum Gasteiger partial charge on any atom is -0.419 e. The molecule has 0 bridgehead atoms. The topological polar surface area (TPSA) is 56.7 Å². The van der Waals surface area contributed by atoms with Crippen molar-refractivity contribution in [2.24, 2.45) is 7.05 Å². The highest BCUT2D eigenvalue weighted by molar-refractivity contribution is 7.98. The molecule has 1 aliphatic carbocycles. The lowest BCUT2D eigenvalue weighted by Gasteiger charge is -2.08. The van der Waals surface area contributed by atoms with Gasteiger partial charge in [-0.2, -0.15) is 0 Å². The molecule has 0 fully saturated rings. The molecule has 0 unspecified atom stereocenters. The number of aryl methyl sites for hydroxylation is 3. The van der Waals surface area contributed by atoms with Gasteiger partial charge in [-0.15, -0.1) is 21.5 Å². The Morgan fingerprint density at radius 1 is 1.32 bits per heavy atom. The van der Waals surface area contributed by atoms with Crippen molar-refractivity contribution in [3.05, 3.63) is 34.8 Å². The Morgan fingerprint density at radius 2 is 2.23 bits per heavy atom. The van der Waals surface area contributed by atoms with Crippen molar-refractivity contribution >= 4 is 23.1 Å². The molecule has 1 aliphatic rings. The summed E-state index contributed by atoms with van der Waals surface area (Å²) in [7, 11) is 1.98. The van der Waals surface area contributed by atoms with E-state index >= 15 is 0 Å². The van der Waals surface area contributed by atoms with E-state index in [1.807, 2.05) is 17.8 Å². The van der Waals surface area contributed by atoms with Crippen molar-refractivity contribution in [3.63, 3.8) is 0 Å². The van der Waals surface area contributed by atoms with Gasteiger partial charge in [-0.1, -0.05) is 11.8 Å². The molecule has 0 amide bonds. The third-order valence-electron chi connectivity index (χ3n) is 3.78. The highest BCUT2D eigenvalue weighted by Gasteiger charge is 2.17. The number of aromatic nitrogens is 4. The SMILES string of the molecule is Cn1ccnc1SCc1nnc(-c2cc3c(s2)CCCC3)o1. The zero-order valence-corrected chi connectivity index (χ0v) is 13.9. The van der Waals surface area contributed by atoms with E-state index in [1.54, 1.807) is 29.3 Å². The van der Waals surface area contributed by atoms with Crippen LogP contribution in [0.1, 0.15) is 29.2 Å². The van der Waals surface area contributed by atoms with Gasteiger partial charge in [0.25, 0.3) is 5.89 Å². The predicted octanol–water partition coefficient (Wildman–Crippen LogP) is 3.70. The molecule has 3 aromatic heterocycles. The fraction of sp³-hybridized carbons (Fsp3) is 0.400. The maximum atomic E-state index is 5.82. The quantitative estimate of drug-likeness (QED) is 0.682. The van der Waals surface area contributed by atoms with E-state index in [9.17, 15) is 0 Å². The maximum Gasteiger partial charge on any atom is 0.257 e. The van der Waals surface area contributed by atoms with E-state index < -0.39 is 0 Å². The molecule has 7 heteroatoms. The first kappa shape index (κ1) is 14.0. The largest absolute Gasteiger partial charge is 0.419 e. The molecular formula is C15H16N4OS2. The van der Waals surface area contributed by atoms with Gasteiger partial charge < -0.3 is 8.98 Å². The van der Waals surface area contributed by atoms with Gasteiger partial charge in [0.1, 0.15) is 0 Å². The average molecular weight is 332 g/mol. The summed E-state index contributed by atoms with van der Waals surface area (Å²) in [4.78, 5) is 6.87. The van der Waals surface area contributed by atoms with Gasteiger partial charge in [-0.25, -0.2) is 4.98 Å². The van der Waals surface area contributed by atoms with Gasteiger partial charge in [0, 0.05) is 24.3 Å². The van der Waals surface area contributed by atoms with E-state index in [0.717, 1.165) is 10.0 Å². The van der Waals surface area contributed by atoms with Gasteiger partial charge in [0.05, 0.1) is 10.6 Å². The highest BCUT2D eigenvalue weighted by Crippen LogP contribution is 2.35. The molecule has 0 aromatic carbocycles. The molecule has 0 atom stereocenters. The van der Waals surface area contributed by atoms with Crippen LogP contribution >= 0.6 is 23.1 Å². The van der Waals surface area contributed by atoms with Crippen LogP contribution in [0, 0.1) is 0 Å². The molecule has 114 valence electrons. The highest BCUT2D eigenvalue weighted by atomic mass is 32.2. The first-order valence-corrected chi connectivity index (χ1v) is 9.14. The van der Waals surface area contributed by atoms with Crippen molar-refractivity contribution in [2.75, 3.05) is 0 Å². The first-order chi connectivity index (χ1) is 10.8. The van der Waals surface area contributed by atoms with Crippen molar-refractivity contribution in [2.45, 2.75) is 36.6 Å². The summed E-state index contributed by atoms with van der Waals surface area (Å²) in [6, 6.07) is 2.22. The lowest BCUT2D eigenvalue weighted by molar-refractivity contribution is 0.529. The summed E-state index contributed by atoms with van der Waals surface area (Å²) < 4.78 is 7.80. The molecule has 0 spiro atoms. The lowest BCUT2D eigenvalue weighted by Crippen LogP contribution is -1.96. The standard InChI is InChI=1S/C15H16N4OS2/c1-19-7-6-16-15(19)21-9-13-17-18-14(20-13)12-8-10-4-2-3-5-11(10)22-12/h6-8H,2-5,9H2,1H3. The van der Waals surface area contributed by atoms with E-state index in [1.165, 1.54) is 36.1 Å². The van der Waals surface area contributed by atoms with Crippen LogP contribution in [0.3, 0.4) is 0 Å². The van der Waals surface area contributed by atoms with Crippen LogP contribution in [0.4, 0.5) is 0 Å². The van der Waals surface area contributed by atoms with E-state index in [-0.39, 0.29) is 0 Å². The van der Waals surface area contributed by atoms with Gasteiger partial charge >= 0.3 is 0 Å². The molecular weight excluding hydrogens is 316 g/mol. The summed E-state index contributed by atoms with van der Waals surface area (Å²) in [5.41, 5.74) is 1.47. The number of thiophene rings is 1. The first-order valence-electron chi connectivity index (χ1n) is 7.34. The molecule has 22 heavy (non-hydrogen) atoms. The second-order valence-electron chi connectivity index (χ2n) is 5.38. The number of imidazole rings is 1. The second-order valence-corrected chi connectivity index (χ2v) is 7.46. The molecule has 3 aromatic rings. The van der Waals surface area contributed by atoms with Crippen molar-refractivity contribution < 1.29 is 4.42 Å². The summed E-state index contributed by atoms with van der Waals surface area (Å²) in [6.07, 6.45) is 8.67. The minimum absolute atomic E-state index is 0.642. The van der Waals surface area contributed by atoms with E-state index in [2.05, 4.69) is 21.2 Å². The van der Waals surface area contributed by atoms with Gasteiger partial charge in [-0.3, -0.25) is 0 Å². The molecule has 0 N–H and O–H groups in total. The van der Waals surface area contributed by atoms with Crippen molar-refractivity contribution in [1.82, 2.24) is 19.7 Å². The third kappa shape index (κ3) is 2.70. The number of nitrogens with zero attached hydrogens (tertiary/aromatic N) is 4. The molecule has 0 aliphatic heterocycles. The Kier molecular flexibility index (Phi) is 3.75. The van der Waals surface area contributed by atoms with Gasteiger partial charge in [-0.05, 0) is 37.3 Å². The molecule has 4 rings (SSSR count). The summed E-state index contributed by atoms with van der Waals surface area (Å²) >= 11 is 3.40. The molecule has 5 nitrogen and oxygen atoms in total. The monoisotopic (exact) mass is 332 g/mol. The van der Waals surface area contributed by atoms with Crippen LogP contribution in [0.2, 0.25) is 0 Å². The van der Waals surface area contributed by atoms with Crippen LogP contribution in [0.25, 0.3) is 10.8 Å². The summed E-state index contributed by atoms with van der Waals surface area (Å²) in [5, 5.41) is 9.32. The molecule has 0 radical (unpaired) electrons. The Labute approximate surface area is 136 Å². The van der Waals surface area contributed by atoms with Crippen LogP contribution in [0.5, 0.6) is 0 Å². The van der Waals surface area contributed by atoms with Crippen molar-refractivity contribution in [1.29, 1.82) is 0 Å². The Balaban J connectivity index is 1.49.